The third-order valence-corrected chi connectivity index (χ3v) is 4.92. The fraction of sp³-hybridized carbons (Fsp3) is 0.765. The number of carbonyl (C=O) groups excluding carboxylic acids is 3. The van der Waals surface area contributed by atoms with Crippen molar-refractivity contribution in [2.75, 3.05) is 32.1 Å². The molecule has 0 aliphatic carbocycles. The van der Waals surface area contributed by atoms with Crippen molar-refractivity contribution < 1.29 is 42.0 Å². The molecule has 0 aliphatic heterocycles. The molecule has 13 heteroatoms. The highest BCUT2D eigenvalue weighted by molar-refractivity contribution is 7.85. The van der Waals surface area contributed by atoms with Crippen molar-refractivity contribution in [3.05, 3.63) is 0 Å². The van der Waals surface area contributed by atoms with Crippen LogP contribution in [-0.2, 0) is 34.0 Å². The Morgan fingerprint density at radius 1 is 1.07 bits per heavy atom. The zero-order valence-corrected chi connectivity index (χ0v) is 18.2. The van der Waals surface area contributed by atoms with Crippen molar-refractivity contribution in [3.8, 4) is 0 Å². The monoisotopic (exact) mass is 453 g/mol. The van der Waals surface area contributed by atoms with E-state index in [0.29, 0.717) is 6.42 Å². The molecule has 174 valence electrons. The molecule has 0 bridgehead atoms. The van der Waals surface area contributed by atoms with E-state index in [2.05, 4.69) is 16.0 Å². The van der Waals surface area contributed by atoms with Crippen LogP contribution in [-0.4, -0.2) is 79.9 Å². The molecule has 1 unspecified atom stereocenters. The van der Waals surface area contributed by atoms with Gasteiger partial charge in [-0.2, -0.15) is 8.42 Å². The Morgan fingerprint density at radius 2 is 1.70 bits per heavy atom. The van der Waals surface area contributed by atoms with Crippen molar-refractivity contribution in [3.63, 3.8) is 0 Å². The van der Waals surface area contributed by atoms with Crippen molar-refractivity contribution in [1.82, 2.24) is 16.0 Å². The lowest BCUT2D eigenvalue weighted by Crippen LogP contribution is -2.52. The van der Waals surface area contributed by atoms with E-state index in [4.69, 9.17) is 14.4 Å². The lowest BCUT2D eigenvalue weighted by atomic mass is 9.89. The first-order valence-corrected chi connectivity index (χ1v) is 11.0. The smallest absolute Gasteiger partial charge is 0.305 e. The minimum absolute atomic E-state index is 0.00778. The fourth-order valence-corrected chi connectivity index (χ4v) is 2.29. The Labute approximate surface area is 175 Å². The molecule has 0 rings (SSSR count). The molecule has 0 fully saturated rings. The first-order chi connectivity index (χ1) is 13.8. The largest absolute Gasteiger partial charge is 0.481 e. The van der Waals surface area contributed by atoms with E-state index in [9.17, 15) is 27.6 Å². The number of carboxylic acid groups (broad SMARTS) is 1. The van der Waals surface area contributed by atoms with Crippen LogP contribution in [0.1, 0.15) is 40.0 Å². The molecule has 0 spiro atoms. The van der Waals surface area contributed by atoms with Gasteiger partial charge in [0, 0.05) is 18.5 Å². The summed E-state index contributed by atoms with van der Waals surface area (Å²) < 4.78 is 35.3. The summed E-state index contributed by atoms with van der Waals surface area (Å²) >= 11 is 0. The van der Waals surface area contributed by atoms with E-state index in [1.165, 1.54) is 0 Å². The highest BCUT2D eigenvalue weighted by Gasteiger charge is 2.31. The second-order valence-corrected chi connectivity index (χ2v) is 8.72. The fourth-order valence-electron chi connectivity index (χ4n) is 1.93. The number of aliphatic carboxylic acids is 1. The molecule has 5 N–H and O–H groups in total. The van der Waals surface area contributed by atoms with Crippen LogP contribution in [0.5, 0.6) is 0 Å². The first-order valence-electron chi connectivity index (χ1n) is 9.38. The molecule has 1 atom stereocenters. The van der Waals surface area contributed by atoms with Gasteiger partial charge in [0.25, 0.3) is 10.1 Å². The van der Waals surface area contributed by atoms with E-state index in [-0.39, 0.29) is 32.7 Å². The van der Waals surface area contributed by atoms with Gasteiger partial charge in [0.05, 0.1) is 31.8 Å². The van der Waals surface area contributed by atoms with Gasteiger partial charge in [-0.25, -0.2) is 0 Å². The maximum atomic E-state index is 12.4. The normalized spacial score (nSPS) is 12.7. The van der Waals surface area contributed by atoms with Crippen LogP contribution in [0.15, 0.2) is 0 Å². The molecule has 0 aromatic carbocycles. The Bertz CT molecular complexity index is 707. The van der Waals surface area contributed by atoms with Crippen molar-refractivity contribution in [1.29, 1.82) is 0 Å². The van der Waals surface area contributed by atoms with Crippen LogP contribution < -0.4 is 16.0 Å². The van der Waals surface area contributed by atoms with Crippen LogP contribution >= 0.6 is 0 Å². The van der Waals surface area contributed by atoms with Gasteiger partial charge in [-0.05, 0) is 6.42 Å². The van der Waals surface area contributed by atoms with E-state index >= 15 is 0 Å². The van der Waals surface area contributed by atoms with Crippen LogP contribution in [0.4, 0.5) is 0 Å². The van der Waals surface area contributed by atoms with Gasteiger partial charge in [-0.15, -0.1) is 0 Å². The zero-order valence-electron chi connectivity index (χ0n) is 17.4. The number of hydrogen-bond donors (Lipinski definition) is 5. The number of nitrogens with one attached hydrogen (secondary N) is 3. The van der Waals surface area contributed by atoms with Gasteiger partial charge in [-0.3, -0.25) is 23.7 Å². The van der Waals surface area contributed by atoms with Crippen LogP contribution in [0.2, 0.25) is 0 Å². The van der Waals surface area contributed by atoms with Crippen LogP contribution in [0.25, 0.3) is 0 Å². The molecule has 0 saturated heterocycles. The van der Waals surface area contributed by atoms with Gasteiger partial charge in [0.2, 0.25) is 17.7 Å². The number of carboxylic acids is 1. The van der Waals surface area contributed by atoms with Crippen molar-refractivity contribution >= 4 is 33.8 Å². The van der Waals surface area contributed by atoms with E-state index < -0.39 is 57.4 Å². The Balaban J connectivity index is 4.78. The minimum Gasteiger partial charge on any atom is -0.481 e. The van der Waals surface area contributed by atoms with E-state index in [0.717, 1.165) is 0 Å². The molecule has 0 radical (unpaired) electrons. The summed E-state index contributed by atoms with van der Waals surface area (Å²) in [6.45, 7) is 4.88. The first kappa shape index (κ1) is 27.8. The van der Waals surface area contributed by atoms with Gasteiger partial charge in [0.15, 0.2) is 0 Å². The molecular weight excluding hydrogens is 422 g/mol. The lowest BCUT2D eigenvalue weighted by Gasteiger charge is -2.25. The third-order valence-electron chi connectivity index (χ3n) is 4.20. The molecular formula is C17H31N3O9S. The minimum atomic E-state index is -4.28. The highest BCUT2D eigenvalue weighted by Crippen LogP contribution is 2.19. The summed E-state index contributed by atoms with van der Waals surface area (Å²) in [4.78, 5) is 47.2. The number of amides is 3. The Hall–Kier alpha value is -2.25. The molecule has 0 heterocycles. The maximum absolute atomic E-state index is 12.4. The quantitative estimate of drug-likeness (QED) is 0.151. The molecule has 0 aromatic rings. The molecule has 0 aromatic heterocycles. The summed E-state index contributed by atoms with van der Waals surface area (Å²) in [5.41, 5.74) is -0.790. The van der Waals surface area contributed by atoms with E-state index in [1.807, 2.05) is 0 Å². The second kappa shape index (κ2) is 13.1. The Kier molecular flexibility index (Phi) is 12.1. The predicted molar refractivity (Wildman–Crippen MR) is 106 cm³/mol. The van der Waals surface area contributed by atoms with Crippen LogP contribution in [0.3, 0.4) is 0 Å². The molecule has 3 amide bonds. The lowest BCUT2D eigenvalue weighted by molar-refractivity contribution is -0.138. The predicted octanol–water partition coefficient (Wildman–Crippen LogP) is -1.09. The number of ether oxygens (including phenoxy) is 1. The molecule has 0 saturated carbocycles. The van der Waals surface area contributed by atoms with Crippen LogP contribution in [0, 0.1) is 5.41 Å². The Morgan fingerprint density at radius 3 is 2.23 bits per heavy atom. The van der Waals surface area contributed by atoms with E-state index in [1.54, 1.807) is 20.8 Å². The third kappa shape index (κ3) is 13.1. The van der Waals surface area contributed by atoms with Gasteiger partial charge in [0.1, 0.15) is 6.04 Å². The average molecular weight is 454 g/mol. The molecule has 30 heavy (non-hydrogen) atoms. The number of rotatable bonds is 15. The summed E-state index contributed by atoms with van der Waals surface area (Å²) in [6, 6.07) is -1.25. The maximum Gasteiger partial charge on any atom is 0.305 e. The molecule has 0 aliphatic rings. The van der Waals surface area contributed by atoms with Gasteiger partial charge >= 0.3 is 5.97 Å². The average Bonchev–Trinajstić information content (AvgIpc) is 2.62. The number of carbonyl (C=O) groups is 4. The van der Waals surface area contributed by atoms with Gasteiger partial charge in [-0.1, -0.05) is 20.8 Å². The summed E-state index contributed by atoms with van der Waals surface area (Å²) in [6.07, 6.45) is -0.0901. The zero-order chi connectivity index (χ0) is 23.4. The summed E-state index contributed by atoms with van der Waals surface area (Å²) in [5, 5.41) is 15.7. The summed E-state index contributed by atoms with van der Waals surface area (Å²) in [7, 11) is -4.28. The van der Waals surface area contributed by atoms with Crippen molar-refractivity contribution in [2.24, 2.45) is 5.41 Å². The molecule has 12 nitrogen and oxygen atoms in total. The van der Waals surface area contributed by atoms with Crippen molar-refractivity contribution in [2.45, 2.75) is 46.1 Å². The van der Waals surface area contributed by atoms with Gasteiger partial charge < -0.3 is 25.8 Å². The number of hydrogen-bond acceptors (Lipinski definition) is 7. The SMILES string of the molecule is CCC(C)(C)C(=O)NC(CC(=O)NCCOCCC(=O)O)C(=O)NCCS(=O)(=O)O. The second-order valence-electron chi connectivity index (χ2n) is 7.15. The standard InChI is InChI=1S/C17H31N3O9S/c1-4-17(2,3)16(25)20-12(15(24)19-7-10-30(26,27)28)11-13(21)18-6-9-29-8-5-14(22)23/h12H,4-11H2,1-3H3,(H,18,21)(H,19,24)(H,20,25)(H,22,23)(H,26,27,28). The summed E-state index contributed by atoms with van der Waals surface area (Å²) in [5.74, 6) is -3.51. The topological polar surface area (TPSA) is 188 Å². The highest BCUT2D eigenvalue weighted by atomic mass is 32.2.